The van der Waals surface area contributed by atoms with Crippen molar-refractivity contribution >= 4 is 5.97 Å². The van der Waals surface area contributed by atoms with Crippen LogP contribution in [0.25, 0.3) is 0 Å². The maximum atomic E-state index is 11.1. The van der Waals surface area contributed by atoms with Gasteiger partial charge in [0.15, 0.2) is 11.9 Å². The Hall–Kier alpha value is -2.60. The molecule has 0 amide bonds. The first-order valence-corrected chi connectivity index (χ1v) is 8.97. The van der Waals surface area contributed by atoms with E-state index in [1.165, 1.54) is 5.56 Å². The van der Waals surface area contributed by atoms with Crippen LogP contribution < -0.4 is 9.47 Å². The highest BCUT2D eigenvalue weighted by Gasteiger charge is 2.59. The normalized spacial score (nSPS) is 29.2. The third kappa shape index (κ3) is 2.70. The summed E-state index contributed by atoms with van der Waals surface area (Å²) in [4.78, 5) is 17.6. The number of carboxylic acid groups (broad SMARTS) is 1. The summed E-state index contributed by atoms with van der Waals surface area (Å²) in [7, 11) is 0. The molecule has 1 aromatic heterocycles. The first kappa shape index (κ1) is 15.6. The van der Waals surface area contributed by atoms with Gasteiger partial charge in [-0.1, -0.05) is 24.3 Å². The highest BCUT2D eigenvalue weighted by molar-refractivity contribution is 5.74. The molecule has 1 aliphatic carbocycles. The number of carbonyl (C=O) groups is 1. The first-order chi connectivity index (χ1) is 12.7. The molecule has 0 bridgehead atoms. The molecule has 26 heavy (non-hydrogen) atoms. The molecule has 2 aromatic rings. The van der Waals surface area contributed by atoms with E-state index in [-0.39, 0.29) is 12.0 Å². The molecule has 2 aliphatic heterocycles. The Morgan fingerprint density at radius 2 is 1.96 bits per heavy atom. The summed E-state index contributed by atoms with van der Waals surface area (Å²) in [6.45, 7) is 3.13. The largest absolute Gasteiger partial charge is 0.484 e. The lowest BCUT2D eigenvalue weighted by Gasteiger charge is -2.26. The topological polar surface area (TPSA) is 71.9 Å². The van der Waals surface area contributed by atoms with Gasteiger partial charge in [-0.15, -0.1) is 0 Å². The van der Waals surface area contributed by atoms with Crippen molar-refractivity contribution in [1.82, 2.24) is 9.88 Å². The Bertz CT molecular complexity index is 826. The highest BCUT2D eigenvalue weighted by Crippen LogP contribution is 2.52. The summed E-state index contributed by atoms with van der Waals surface area (Å²) < 4.78 is 11.7. The van der Waals surface area contributed by atoms with E-state index >= 15 is 0 Å². The number of ether oxygens (including phenoxy) is 2. The lowest BCUT2D eigenvalue weighted by molar-refractivity contribution is -0.139. The van der Waals surface area contributed by atoms with Gasteiger partial charge in [0.05, 0.1) is 5.92 Å². The molecule has 0 radical (unpaired) electrons. The van der Waals surface area contributed by atoms with Crippen molar-refractivity contribution in [3.05, 3.63) is 53.7 Å². The van der Waals surface area contributed by atoms with E-state index < -0.39 is 5.97 Å². The number of carboxylic acids is 1. The fourth-order valence-corrected chi connectivity index (χ4v) is 4.28. The Labute approximate surface area is 151 Å². The van der Waals surface area contributed by atoms with E-state index in [0.29, 0.717) is 30.1 Å². The van der Waals surface area contributed by atoms with Gasteiger partial charge in [0.2, 0.25) is 0 Å². The number of fused-ring (bicyclic) bond motifs is 2. The molecule has 1 aromatic carbocycles. The summed E-state index contributed by atoms with van der Waals surface area (Å²) in [5.41, 5.74) is 2.30. The average molecular weight is 352 g/mol. The van der Waals surface area contributed by atoms with Gasteiger partial charge in [-0.25, -0.2) is 4.98 Å². The second kappa shape index (κ2) is 5.99. The lowest BCUT2D eigenvalue weighted by atomic mass is 10.1. The highest BCUT2D eigenvalue weighted by atomic mass is 16.6. The standard InChI is InChI=1S/C20H20N2O4/c23-20(24)18-14-9-22(10-15(14)18)8-12-3-5-13(6-4-12)17-11-25-16-2-1-7-21-19(16)26-17/h1-7,14-15,17-18H,8-11H2,(H,23,24)/t14-,15+,17-,18?/m1/s1. The predicted octanol–water partition coefficient (Wildman–Crippen LogP) is 2.36. The Balaban J connectivity index is 1.20. The van der Waals surface area contributed by atoms with Crippen LogP contribution in [0.15, 0.2) is 42.6 Å². The van der Waals surface area contributed by atoms with Gasteiger partial charge >= 0.3 is 5.97 Å². The van der Waals surface area contributed by atoms with Crippen molar-refractivity contribution in [2.75, 3.05) is 19.7 Å². The van der Waals surface area contributed by atoms with Crippen molar-refractivity contribution in [2.45, 2.75) is 12.6 Å². The van der Waals surface area contributed by atoms with Crippen LogP contribution in [0.3, 0.4) is 0 Å². The van der Waals surface area contributed by atoms with Crippen molar-refractivity contribution in [3.8, 4) is 11.6 Å². The zero-order valence-electron chi connectivity index (χ0n) is 14.2. The summed E-state index contributed by atoms with van der Waals surface area (Å²) in [6, 6.07) is 12.1. The third-order valence-corrected chi connectivity index (χ3v) is 5.69. The molecule has 3 heterocycles. The molecule has 6 nitrogen and oxygen atoms in total. The maximum absolute atomic E-state index is 11.1. The molecule has 3 aliphatic rings. The van der Waals surface area contributed by atoms with Crippen molar-refractivity contribution < 1.29 is 19.4 Å². The average Bonchev–Trinajstić information content (AvgIpc) is 3.19. The molecule has 6 heteroatoms. The van der Waals surface area contributed by atoms with E-state index in [1.54, 1.807) is 6.20 Å². The summed E-state index contributed by atoms with van der Waals surface area (Å²) in [6.07, 6.45) is 1.55. The van der Waals surface area contributed by atoms with E-state index in [2.05, 4.69) is 34.1 Å². The van der Waals surface area contributed by atoms with Crippen LogP contribution in [-0.4, -0.2) is 40.7 Å². The van der Waals surface area contributed by atoms with E-state index in [1.807, 2.05) is 12.1 Å². The molecule has 0 spiro atoms. The fourth-order valence-electron chi connectivity index (χ4n) is 4.28. The minimum absolute atomic E-state index is 0.103. The van der Waals surface area contributed by atoms with Crippen LogP contribution in [-0.2, 0) is 11.3 Å². The number of likely N-dealkylation sites (tertiary alicyclic amines) is 1. The molecular formula is C20H20N2O4. The third-order valence-electron chi connectivity index (χ3n) is 5.69. The number of aliphatic carboxylic acids is 1. The van der Waals surface area contributed by atoms with Gasteiger partial charge < -0.3 is 14.6 Å². The fraction of sp³-hybridized carbons (Fsp3) is 0.400. The van der Waals surface area contributed by atoms with Crippen LogP contribution >= 0.6 is 0 Å². The molecule has 1 saturated carbocycles. The minimum atomic E-state index is -0.630. The second-order valence-electron chi connectivity index (χ2n) is 7.35. The summed E-state index contributed by atoms with van der Waals surface area (Å²) in [5.74, 6) is 1.20. The monoisotopic (exact) mass is 352 g/mol. The van der Waals surface area contributed by atoms with Crippen molar-refractivity contribution in [2.24, 2.45) is 17.8 Å². The molecule has 1 unspecified atom stereocenters. The van der Waals surface area contributed by atoms with Crippen molar-refractivity contribution in [3.63, 3.8) is 0 Å². The molecular weight excluding hydrogens is 332 g/mol. The van der Waals surface area contributed by atoms with Crippen LogP contribution in [0.1, 0.15) is 17.2 Å². The van der Waals surface area contributed by atoms with Gasteiger partial charge in [0.1, 0.15) is 6.61 Å². The number of piperidine rings is 1. The molecule has 2 fully saturated rings. The molecule has 134 valence electrons. The summed E-state index contributed by atoms with van der Waals surface area (Å²) >= 11 is 0. The SMILES string of the molecule is O=C(O)C1[C@H]2CN(Cc3ccc([C@H]4COc5cccnc5O4)cc3)C[C@@H]12. The number of hydrogen-bond donors (Lipinski definition) is 1. The Morgan fingerprint density at radius 3 is 2.69 bits per heavy atom. The Morgan fingerprint density at radius 1 is 1.19 bits per heavy atom. The van der Waals surface area contributed by atoms with Gasteiger partial charge in [-0.3, -0.25) is 9.69 Å². The number of benzene rings is 1. The second-order valence-corrected chi connectivity index (χ2v) is 7.35. The number of hydrogen-bond acceptors (Lipinski definition) is 5. The number of aromatic nitrogens is 1. The number of pyridine rings is 1. The number of rotatable bonds is 4. The predicted molar refractivity (Wildman–Crippen MR) is 92.9 cm³/mol. The lowest BCUT2D eigenvalue weighted by Crippen LogP contribution is -2.26. The van der Waals surface area contributed by atoms with Crippen LogP contribution in [0.4, 0.5) is 0 Å². The van der Waals surface area contributed by atoms with Gasteiger partial charge in [0, 0.05) is 25.8 Å². The zero-order chi connectivity index (χ0) is 17.7. The van der Waals surface area contributed by atoms with Gasteiger partial charge in [0.25, 0.3) is 5.88 Å². The summed E-state index contributed by atoms with van der Waals surface area (Å²) in [5, 5.41) is 9.11. The molecule has 4 atom stereocenters. The van der Waals surface area contributed by atoms with Crippen molar-refractivity contribution in [1.29, 1.82) is 0 Å². The van der Waals surface area contributed by atoms with E-state index in [0.717, 1.165) is 25.2 Å². The number of nitrogens with zero attached hydrogens (tertiary/aromatic N) is 2. The van der Waals surface area contributed by atoms with E-state index in [9.17, 15) is 4.79 Å². The first-order valence-electron chi connectivity index (χ1n) is 8.97. The van der Waals surface area contributed by atoms with Crippen LogP contribution in [0.2, 0.25) is 0 Å². The van der Waals surface area contributed by atoms with Gasteiger partial charge in [-0.05, 0) is 35.1 Å². The van der Waals surface area contributed by atoms with Crippen LogP contribution in [0.5, 0.6) is 11.6 Å². The molecule has 5 rings (SSSR count). The van der Waals surface area contributed by atoms with E-state index in [4.69, 9.17) is 14.6 Å². The molecule has 1 N–H and O–H groups in total. The van der Waals surface area contributed by atoms with Gasteiger partial charge in [-0.2, -0.15) is 0 Å². The maximum Gasteiger partial charge on any atom is 0.307 e. The minimum Gasteiger partial charge on any atom is -0.484 e. The smallest absolute Gasteiger partial charge is 0.307 e. The quantitative estimate of drug-likeness (QED) is 0.911. The Kier molecular flexibility index (Phi) is 3.60. The molecule has 1 saturated heterocycles. The zero-order valence-corrected chi connectivity index (χ0v) is 14.2. The van der Waals surface area contributed by atoms with Crippen LogP contribution in [0, 0.1) is 17.8 Å².